The molecule has 0 bridgehead atoms. The fraction of sp³-hybridized carbons (Fsp3) is 0.579. The molecule has 1 aliphatic rings. The van der Waals surface area contributed by atoms with Crippen molar-refractivity contribution in [2.75, 3.05) is 31.5 Å². The summed E-state index contributed by atoms with van der Waals surface area (Å²) in [7, 11) is 0. The Morgan fingerprint density at radius 2 is 1.67 bits per heavy atom. The molecule has 0 aromatic heterocycles. The van der Waals surface area contributed by atoms with Gasteiger partial charge in [-0.15, -0.1) is 0 Å². The summed E-state index contributed by atoms with van der Waals surface area (Å²) in [6, 6.07) is 4.34. The molecule has 2 rings (SSSR count). The lowest BCUT2D eigenvalue weighted by Gasteiger charge is -2.37. The molecule has 1 N–H and O–H groups in total. The first-order chi connectivity index (χ1) is 12.6. The minimum atomic E-state index is -4.53. The van der Waals surface area contributed by atoms with Crippen LogP contribution in [0.15, 0.2) is 24.3 Å². The molecule has 1 heterocycles. The molecule has 1 aromatic carbocycles. The molecule has 5 nitrogen and oxygen atoms in total. The monoisotopic (exact) mass is 385 g/mol. The van der Waals surface area contributed by atoms with Crippen LogP contribution in [0.25, 0.3) is 0 Å². The third kappa shape index (κ3) is 5.69. The topological polar surface area (TPSA) is 52.7 Å². The van der Waals surface area contributed by atoms with Crippen LogP contribution in [0.1, 0.15) is 32.8 Å². The van der Waals surface area contributed by atoms with E-state index in [-0.39, 0.29) is 17.5 Å². The molecule has 0 aliphatic carbocycles. The standard InChI is InChI=1S/C19H26F3N3O2/c1-13(2)12-17(26)25-10-8-24(9-11-25)14(3)18(27)23-16-7-5-4-6-15(16)19(20,21)22/h4-7,13-14H,8-12H2,1-3H3,(H,23,27). The van der Waals surface area contributed by atoms with Gasteiger partial charge in [0.05, 0.1) is 17.3 Å². The molecular weight excluding hydrogens is 359 g/mol. The maximum atomic E-state index is 13.1. The molecule has 1 unspecified atom stereocenters. The summed E-state index contributed by atoms with van der Waals surface area (Å²) in [4.78, 5) is 28.2. The van der Waals surface area contributed by atoms with Crippen LogP contribution in [0.4, 0.5) is 18.9 Å². The van der Waals surface area contributed by atoms with Crippen molar-refractivity contribution in [3.63, 3.8) is 0 Å². The maximum Gasteiger partial charge on any atom is 0.418 e. The van der Waals surface area contributed by atoms with Crippen LogP contribution in [0, 0.1) is 5.92 Å². The molecule has 0 spiro atoms. The maximum absolute atomic E-state index is 13.1. The number of benzene rings is 1. The van der Waals surface area contributed by atoms with Gasteiger partial charge in [-0.1, -0.05) is 26.0 Å². The average Bonchev–Trinajstić information content (AvgIpc) is 2.60. The van der Waals surface area contributed by atoms with Crippen LogP contribution < -0.4 is 5.32 Å². The average molecular weight is 385 g/mol. The zero-order valence-electron chi connectivity index (χ0n) is 15.8. The lowest BCUT2D eigenvalue weighted by atomic mass is 10.1. The second kappa shape index (κ2) is 8.73. The van der Waals surface area contributed by atoms with E-state index in [0.717, 1.165) is 6.07 Å². The van der Waals surface area contributed by atoms with Crippen molar-refractivity contribution in [2.45, 2.75) is 39.4 Å². The first-order valence-corrected chi connectivity index (χ1v) is 9.08. The van der Waals surface area contributed by atoms with Gasteiger partial charge in [-0.25, -0.2) is 0 Å². The number of piperazine rings is 1. The predicted molar refractivity (Wildman–Crippen MR) is 97.1 cm³/mol. The Morgan fingerprint density at radius 3 is 2.22 bits per heavy atom. The lowest BCUT2D eigenvalue weighted by molar-refractivity contribution is -0.137. The van der Waals surface area contributed by atoms with Crippen molar-refractivity contribution in [1.29, 1.82) is 0 Å². The normalized spacial score (nSPS) is 17.1. The summed E-state index contributed by atoms with van der Waals surface area (Å²) < 4.78 is 39.2. The van der Waals surface area contributed by atoms with Crippen molar-refractivity contribution >= 4 is 17.5 Å². The van der Waals surface area contributed by atoms with E-state index in [4.69, 9.17) is 0 Å². The van der Waals surface area contributed by atoms with Gasteiger partial charge in [-0.05, 0) is 25.0 Å². The SMILES string of the molecule is CC(C)CC(=O)N1CCN(C(C)C(=O)Nc2ccccc2C(F)(F)F)CC1. The molecule has 0 saturated carbocycles. The van der Waals surface area contributed by atoms with Gasteiger partial charge in [-0.2, -0.15) is 13.2 Å². The summed E-state index contributed by atoms with van der Waals surface area (Å²) in [6.45, 7) is 7.69. The fourth-order valence-electron chi connectivity index (χ4n) is 3.08. The molecule has 2 amide bonds. The highest BCUT2D eigenvalue weighted by molar-refractivity contribution is 5.95. The number of nitrogens with one attached hydrogen (secondary N) is 1. The first-order valence-electron chi connectivity index (χ1n) is 9.08. The summed E-state index contributed by atoms with van der Waals surface area (Å²) in [5, 5.41) is 2.39. The van der Waals surface area contributed by atoms with Gasteiger partial charge < -0.3 is 10.2 Å². The second-order valence-corrected chi connectivity index (χ2v) is 7.22. The lowest BCUT2D eigenvalue weighted by Crippen LogP contribution is -2.54. The van der Waals surface area contributed by atoms with E-state index in [1.807, 2.05) is 18.7 Å². The van der Waals surface area contributed by atoms with Crippen molar-refractivity contribution in [2.24, 2.45) is 5.92 Å². The quantitative estimate of drug-likeness (QED) is 0.847. The molecule has 1 aromatic rings. The highest BCUT2D eigenvalue weighted by atomic mass is 19.4. The van der Waals surface area contributed by atoms with Gasteiger partial charge in [0.1, 0.15) is 0 Å². The molecule has 150 valence electrons. The Morgan fingerprint density at radius 1 is 1.07 bits per heavy atom. The molecule has 27 heavy (non-hydrogen) atoms. The van der Waals surface area contributed by atoms with Gasteiger partial charge in [-0.3, -0.25) is 14.5 Å². The Labute approximate surface area is 157 Å². The van der Waals surface area contributed by atoms with E-state index < -0.39 is 23.7 Å². The third-order valence-electron chi connectivity index (χ3n) is 4.67. The minimum Gasteiger partial charge on any atom is -0.340 e. The number of hydrogen-bond donors (Lipinski definition) is 1. The Hall–Kier alpha value is -2.09. The zero-order chi connectivity index (χ0) is 20.2. The number of halogens is 3. The molecule has 8 heteroatoms. The van der Waals surface area contributed by atoms with Crippen molar-refractivity contribution in [1.82, 2.24) is 9.80 Å². The number of para-hydroxylation sites is 1. The molecule has 0 radical (unpaired) electrons. The Kier molecular flexibility index (Phi) is 6.86. The number of carbonyl (C=O) groups excluding carboxylic acids is 2. The van der Waals surface area contributed by atoms with Crippen LogP contribution in [0.5, 0.6) is 0 Å². The Balaban J connectivity index is 1.95. The van der Waals surface area contributed by atoms with Gasteiger partial charge in [0.2, 0.25) is 11.8 Å². The smallest absolute Gasteiger partial charge is 0.340 e. The van der Waals surface area contributed by atoms with Crippen LogP contribution in [0.2, 0.25) is 0 Å². The number of rotatable bonds is 5. The number of nitrogens with zero attached hydrogens (tertiary/aromatic N) is 2. The van der Waals surface area contributed by atoms with E-state index in [9.17, 15) is 22.8 Å². The summed E-state index contributed by atoms with van der Waals surface area (Å²) in [5.41, 5.74) is -1.11. The summed E-state index contributed by atoms with van der Waals surface area (Å²) >= 11 is 0. The van der Waals surface area contributed by atoms with Crippen LogP contribution in [0.3, 0.4) is 0 Å². The van der Waals surface area contributed by atoms with Gasteiger partial charge in [0, 0.05) is 32.6 Å². The second-order valence-electron chi connectivity index (χ2n) is 7.22. The van der Waals surface area contributed by atoms with E-state index in [2.05, 4.69) is 5.32 Å². The van der Waals surface area contributed by atoms with Crippen LogP contribution >= 0.6 is 0 Å². The number of anilines is 1. The van der Waals surface area contributed by atoms with E-state index >= 15 is 0 Å². The molecule has 1 atom stereocenters. The van der Waals surface area contributed by atoms with Crippen molar-refractivity contribution < 1.29 is 22.8 Å². The number of amides is 2. The Bertz CT molecular complexity index is 668. The molecule has 1 aliphatic heterocycles. The zero-order valence-corrected chi connectivity index (χ0v) is 15.8. The third-order valence-corrected chi connectivity index (χ3v) is 4.67. The van der Waals surface area contributed by atoms with Crippen LogP contribution in [-0.2, 0) is 15.8 Å². The summed E-state index contributed by atoms with van der Waals surface area (Å²) in [5.74, 6) is -0.108. The number of alkyl halides is 3. The fourth-order valence-corrected chi connectivity index (χ4v) is 3.08. The number of hydrogen-bond acceptors (Lipinski definition) is 3. The highest BCUT2D eigenvalue weighted by Crippen LogP contribution is 2.34. The van der Waals surface area contributed by atoms with Crippen molar-refractivity contribution in [3.05, 3.63) is 29.8 Å². The van der Waals surface area contributed by atoms with Gasteiger partial charge in [0.15, 0.2) is 0 Å². The molecular formula is C19H26F3N3O2. The van der Waals surface area contributed by atoms with Crippen LogP contribution in [-0.4, -0.2) is 53.8 Å². The van der Waals surface area contributed by atoms with Gasteiger partial charge >= 0.3 is 6.18 Å². The van der Waals surface area contributed by atoms with Crippen molar-refractivity contribution in [3.8, 4) is 0 Å². The van der Waals surface area contributed by atoms with E-state index in [1.54, 1.807) is 11.8 Å². The number of carbonyl (C=O) groups is 2. The highest BCUT2D eigenvalue weighted by Gasteiger charge is 2.34. The summed E-state index contributed by atoms with van der Waals surface area (Å²) in [6.07, 6.45) is -4.04. The van der Waals surface area contributed by atoms with E-state index in [0.29, 0.717) is 32.6 Å². The largest absolute Gasteiger partial charge is 0.418 e. The van der Waals surface area contributed by atoms with Gasteiger partial charge in [0.25, 0.3) is 0 Å². The first kappa shape index (κ1) is 21.2. The minimum absolute atomic E-state index is 0.0980. The van der Waals surface area contributed by atoms with E-state index in [1.165, 1.54) is 18.2 Å². The molecule has 1 saturated heterocycles. The predicted octanol–water partition coefficient (Wildman–Crippen LogP) is 3.22. The molecule has 1 fully saturated rings.